The molecule has 2 aromatic carbocycles. The zero-order valence-corrected chi connectivity index (χ0v) is 14.8. The molecule has 0 spiro atoms. The lowest BCUT2D eigenvalue weighted by atomic mass is 10.1. The zero-order chi connectivity index (χ0) is 17.9. The molecular formula is C21H22ClFO2. The molecule has 132 valence electrons. The van der Waals surface area contributed by atoms with E-state index in [1.165, 1.54) is 30.3 Å². The van der Waals surface area contributed by atoms with Crippen molar-refractivity contribution in [3.8, 4) is 5.75 Å². The van der Waals surface area contributed by atoms with E-state index >= 15 is 0 Å². The summed E-state index contributed by atoms with van der Waals surface area (Å²) in [6, 6.07) is 13.1. The summed E-state index contributed by atoms with van der Waals surface area (Å²) in [5.41, 5.74) is 1.37. The van der Waals surface area contributed by atoms with Gasteiger partial charge in [0.2, 0.25) is 0 Å². The molecule has 25 heavy (non-hydrogen) atoms. The number of alkyl halides is 1. The molecule has 0 saturated heterocycles. The van der Waals surface area contributed by atoms with Gasteiger partial charge in [-0.05, 0) is 60.9 Å². The molecule has 0 aliphatic rings. The smallest absolute Gasteiger partial charge is 0.185 e. The van der Waals surface area contributed by atoms with Gasteiger partial charge in [0.25, 0.3) is 0 Å². The van der Waals surface area contributed by atoms with Gasteiger partial charge in [-0.1, -0.05) is 31.1 Å². The highest BCUT2D eigenvalue weighted by Gasteiger charge is 2.01. The van der Waals surface area contributed by atoms with E-state index in [-0.39, 0.29) is 11.6 Å². The standard InChI is InChI=1S/C21H22ClFO2/c22-15-3-1-2-4-16-25-20-12-5-17(6-13-20)7-14-21(24)18-8-10-19(23)11-9-18/h5-14H,1-4,15-16H2. The maximum Gasteiger partial charge on any atom is 0.185 e. The Morgan fingerprint density at radius 2 is 1.64 bits per heavy atom. The number of unbranched alkanes of at least 4 members (excludes halogenated alkanes) is 3. The Bertz CT molecular complexity index is 678. The second kappa shape index (κ2) is 10.7. The van der Waals surface area contributed by atoms with E-state index in [1.54, 1.807) is 6.08 Å². The van der Waals surface area contributed by atoms with Gasteiger partial charge in [0, 0.05) is 11.4 Å². The molecule has 0 amide bonds. The number of benzene rings is 2. The summed E-state index contributed by atoms with van der Waals surface area (Å²) in [5, 5.41) is 0. The summed E-state index contributed by atoms with van der Waals surface area (Å²) < 4.78 is 18.5. The molecule has 0 aliphatic heterocycles. The van der Waals surface area contributed by atoms with E-state index in [2.05, 4.69) is 0 Å². The Balaban J connectivity index is 1.79. The normalized spacial score (nSPS) is 11.0. The number of allylic oxidation sites excluding steroid dienone is 1. The van der Waals surface area contributed by atoms with Crippen molar-refractivity contribution in [3.63, 3.8) is 0 Å². The van der Waals surface area contributed by atoms with Crippen molar-refractivity contribution in [2.45, 2.75) is 25.7 Å². The number of ether oxygens (including phenoxy) is 1. The number of hydrogen-bond donors (Lipinski definition) is 0. The number of rotatable bonds is 10. The van der Waals surface area contributed by atoms with E-state index in [4.69, 9.17) is 16.3 Å². The van der Waals surface area contributed by atoms with Gasteiger partial charge in [0.05, 0.1) is 6.61 Å². The number of carbonyl (C=O) groups excluding carboxylic acids is 1. The lowest BCUT2D eigenvalue weighted by Crippen LogP contribution is -1.97. The predicted octanol–water partition coefficient (Wildman–Crippen LogP) is 5.90. The molecule has 0 aliphatic carbocycles. The molecule has 0 atom stereocenters. The van der Waals surface area contributed by atoms with Gasteiger partial charge in [0.15, 0.2) is 5.78 Å². The molecule has 2 nitrogen and oxygen atoms in total. The summed E-state index contributed by atoms with van der Waals surface area (Å²) >= 11 is 5.64. The summed E-state index contributed by atoms with van der Waals surface area (Å²) in [6.45, 7) is 0.695. The van der Waals surface area contributed by atoms with Crippen LogP contribution in [0, 0.1) is 5.82 Å². The molecule has 2 rings (SSSR count). The fourth-order valence-electron chi connectivity index (χ4n) is 2.30. The van der Waals surface area contributed by atoms with Crippen LogP contribution in [0.2, 0.25) is 0 Å². The second-order valence-electron chi connectivity index (χ2n) is 5.73. The number of carbonyl (C=O) groups is 1. The van der Waals surface area contributed by atoms with Gasteiger partial charge in [-0.3, -0.25) is 4.79 Å². The molecule has 0 bridgehead atoms. The van der Waals surface area contributed by atoms with Crippen LogP contribution in [-0.4, -0.2) is 18.3 Å². The van der Waals surface area contributed by atoms with Gasteiger partial charge in [-0.25, -0.2) is 4.39 Å². The average molecular weight is 361 g/mol. The minimum atomic E-state index is -0.352. The minimum Gasteiger partial charge on any atom is -0.494 e. The van der Waals surface area contributed by atoms with Crippen molar-refractivity contribution >= 4 is 23.5 Å². The maximum absolute atomic E-state index is 12.9. The zero-order valence-electron chi connectivity index (χ0n) is 14.1. The average Bonchev–Trinajstić information content (AvgIpc) is 2.64. The first-order chi connectivity index (χ1) is 12.2. The van der Waals surface area contributed by atoms with Crippen LogP contribution in [-0.2, 0) is 0 Å². The molecule has 0 aromatic heterocycles. The van der Waals surface area contributed by atoms with Crippen LogP contribution in [0.25, 0.3) is 6.08 Å². The van der Waals surface area contributed by atoms with Gasteiger partial charge in [-0.15, -0.1) is 11.6 Å². The van der Waals surface area contributed by atoms with Crippen LogP contribution in [0.15, 0.2) is 54.6 Å². The molecule has 0 saturated carbocycles. The van der Waals surface area contributed by atoms with Crippen LogP contribution in [0.3, 0.4) is 0 Å². The Labute approximate surface area is 153 Å². The van der Waals surface area contributed by atoms with Crippen molar-refractivity contribution < 1.29 is 13.9 Å². The van der Waals surface area contributed by atoms with E-state index in [1.807, 2.05) is 24.3 Å². The van der Waals surface area contributed by atoms with Crippen LogP contribution in [0.4, 0.5) is 4.39 Å². The van der Waals surface area contributed by atoms with Gasteiger partial charge >= 0.3 is 0 Å². The van der Waals surface area contributed by atoms with Crippen molar-refractivity contribution in [3.05, 3.63) is 71.6 Å². The van der Waals surface area contributed by atoms with Crippen molar-refractivity contribution in [2.75, 3.05) is 12.5 Å². The number of ketones is 1. The van der Waals surface area contributed by atoms with Crippen molar-refractivity contribution in [2.24, 2.45) is 0 Å². The molecule has 2 aromatic rings. The highest BCUT2D eigenvalue weighted by molar-refractivity contribution is 6.17. The topological polar surface area (TPSA) is 26.3 Å². The molecule has 0 unspecified atom stereocenters. The maximum atomic E-state index is 12.9. The minimum absolute atomic E-state index is 0.155. The molecule has 0 fully saturated rings. The van der Waals surface area contributed by atoms with Crippen molar-refractivity contribution in [1.82, 2.24) is 0 Å². The monoisotopic (exact) mass is 360 g/mol. The van der Waals surface area contributed by atoms with E-state index in [0.29, 0.717) is 12.2 Å². The van der Waals surface area contributed by atoms with E-state index < -0.39 is 0 Å². The lowest BCUT2D eigenvalue weighted by molar-refractivity contribution is 0.104. The largest absolute Gasteiger partial charge is 0.494 e. The first-order valence-corrected chi connectivity index (χ1v) is 8.99. The second-order valence-corrected chi connectivity index (χ2v) is 6.10. The number of hydrogen-bond acceptors (Lipinski definition) is 2. The van der Waals surface area contributed by atoms with Gasteiger partial charge in [-0.2, -0.15) is 0 Å². The SMILES string of the molecule is O=C(C=Cc1ccc(OCCCCCCCl)cc1)c1ccc(F)cc1. The first-order valence-electron chi connectivity index (χ1n) is 8.46. The number of halogens is 2. The van der Waals surface area contributed by atoms with Crippen LogP contribution >= 0.6 is 11.6 Å². The quantitative estimate of drug-likeness (QED) is 0.228. The molecular weight excluding hydrogens is 339 g/mol. The third kappa shape index (κ3) is 7.10. The Hall–Kier alpha value is -2.13. The molecule has 4 heteroatoms. The van der Waals surface area contributed by atoms with Gasteiger partial charge < -0.3 is 4.74 Å². The van der Waals surface area contributed by atoms with Crippen LogP contribution in [0.5, 0.6) is 5.75 Å². The Morgan fingerprint density at radius 1 is 0.960 bits per heavy atom. The fraction of sp³-hybridized carbons (Fsp3) is 0.286. The van der Waals surface area contributed by atoms with Crippen LogP contribution < -0.4 is 4.74 Å². The summed E-state index contributed by atoms with van der Waals surface area (Å²) in [5.74, 6) is 1.03. The third-order valence-corrected chi connectivity index (χ3v) is 4.00. The van der Waals surface area contributed by atoms with E-state index in [9.17, 15) is 9.18 Å². The summed E-state index contributed by atoms with van der Waals surface area (Å²) in [4.78, 5) is 12.0. The Kier molecular flexibility index (Phi) is 8.20. The molecule has 0 heterocycles. The molecule has 0 N–H and O–H groups in total. The Morgan fingerprint density at radius 3 is 2.32 bits per heavy atom. The molecule has 0 radical (unpaired) electrons. The lowest BCUT2D eigenvalue weighted by Gasteiger charge is -2.06. The highest BCUT2D eigenvalue weighted by atomic mass is 35.5. The first kappa shape index (κ1) is 19.2. The van der Waals surface area contributed by atoms with Gasteiger partial charge in [0.1, 0.15) is 11.6 Å². The summed E-state index contributed by atoms with van der Waals surface area (Å²) in [7, 11) is 0. The predicted molar refractivity (Wildman–Crippen MR) is 101 cm³/mol. The van der Waals surface area contributed by atoms with Crippen LogP contribution in [0.1, 0.15) is 41.6 Å². The third-order valence-electron chi connectivity index (χ3n) is 3.73. The van der Waals surface area contributed by atoms with Crippen molar-refractivity contribution in [1.29, 1.82) is 0 Å². The highest BCUT2D eigenvalue weighted by Crippen LogP contribution is 2.15. The summed E-state index contributed by atoms with van der Waals surface area (Å²) in [6.07, 6.45) is 7.56. The fourth-order valence-corrected chi connectivity index (χ4v) is 2.49. The van der Waals surface area contributed by atoms with E-state index in [0.717, 1.165) is 42.9 Å².